The maximum Gasteiger partial charge on any atom is 0.274 e. The Hall–Kier alpha value is -1.45. The molecule has 1 amide bonds. The Bertz CT molecular complexity index is 625. The lowest BCUT2D eigenvalue weighted by Gasteiger charge is -2.32. The summed E-state index contributed by atoms with van der Waals surface area (Å²) < 4.78 is 25.8. The molecule has 2 heterocycles. The van der Waals surface area contributed by atoms with Crippen LogP contribution in [0.5, 0.6) is 0 Å². The summed E-state index contributed by atoms with van der Waals surface area (Å²) in [6.45, 7) is 3.31. The Labute approximate surface area is 124 Å². The highest BCUT2D eigenvalue weighted by atomic mass is 32.2. The molecule has 0 bridgehead atoms. The number of amides is 1. The van der Waals surface area contributed by atoms with E-state index in [1.54, 1.807) is 22.8 Å². The van der Waals surface area contributed by atoms with Gasteiger partial charge in [-0.3, -0.25) is 9.48 Å². The molecule has 1 aromatic rings. The molecule has 1 saturated heterocycles. The molecule has 0 radical (unpaired) electrons. The topological polar surface area (TPSA) is 110 Å². The average Bonchev–Trinajstić information content (AvgIpc) is 2.76. The minimum atomic E-state index is -3.68. The number of carbonyl (C=O) groups is 1. The summed E-state index contributed by atoms with van der Waals surface area (Å²) in [6.07, 6.45) is 3.30. The smallest absolute Gasteiger partial charge is 0.274 e. The van der Waals surface area contributed by atoms with Crippen molar-refractivity contribution in [2.75, 3.05) is 19.6 Å². The van der Waals surface area contributed by atoms with Crippen molar-refractivity contribution in [2.24, 2.45) is 18.1 Å². The minimum absolute atomic E-state index is 0.0547. The molecule has 1 aliphatic rings. The predicted octanol–water partition coefficient (Wildman–Crippen LogP) is -0.626. The van der Waals surface area contributed by atoms with Gasteiger partial charge in [0.1, 0.15) is 0 Å². The minimum Gasteiger partial charge on any atom is -0.338 e. The number of carbonyl (C=O) groups excluding carboxylic acids is 1. The Kier molecular flexibility index (Phi) is 4.64. The largest absolute Gasteiger partial charge is 0.338 e. The second kappa shape index (κ2) is 6.12. The number of aromatic nitrogens is 2. The zero-order valence-electron chi connectivity index (χ0n) is 12.2. The lowest BCUT2D eigenvalue weighted by molar-refractivity contribution is 0.0675. The molecule has 2 rings (SSSR count). The number of likely N-dealkylation sites (tertiary alicyclic amines) is 1. The molecule has 118 valence electrons. The SMILES string of the molecule is Cc1c(C(=O)N2CCCC(CNS(N)(=O)=O)C2)cnn1C. The number of nitrogens with one attached hydrogen (secondary N) is 1. The molecule has 1 aliphatic heterocycles. The van der Waals surface area contributed by atoms with Crippen LogP contribution in [0.4, 0.5) is 0 Å². The van der Waals surface area contributed by atoms with Crippen LogP contribution >= 0.6 is 0 Å². The number of nitrogens with two attached hydrogens (primary N) is 1. The fourth-order valence-corrected chi connectivity index (χ4v) is 3.00. The maximum atomic E-state index is 12.5. The van der Waals surface area contributed by atoms with Crippen molar-refractivity contribution in [3.8, 4) is 0 Å². The van der Waals surface area contributed by atoms with Gasteiger partial charge < -0.3 is 4.90 Å². The molecular formula is C12H21N5O3S. The van der Waals surface area contributed by atoms with E-state index >= 15 is 0 Å². The first-order chi connectivity index (χ1) is 9.78. The number of hydrogen-bond donors (Lipinski definition) is 2. The van der Waals surface area contributed by atoms with E-state index < -0.39 is 10.2 Å². The zero-order valence-corrected chi connectivity index (χ0v) is 13.1. The molecule has 1 unspecified atom stereocenters. The van der Waals surface area contributed by atoms with Gasteiger partial charge in [0.15, 0.2) is 0 Å². The van der Waals surface area contributed by atoms with Gasteiger partial charge in [-0.25, -0.2) is 9.86 Å². The summed E-state index contributed by atoms with van der Waals surface area (Å²) in [6, 6.07) is 0. The van der Waals surface area contributed by atoms with E-state index in [0.29, 0.717) is 18.7 Å². The van der Waals surface area contributed by atoms with Crippen molar-refractivity contribution < 1.29 is 13.2 Å². The van der Waals surface area contributed by atoms with Gasteiger partial charge in [0, 0.05) is 32.4 Å². The van der Waals surface area contributed by atoms with Crippen LogP contribution in [0.15, 0.2) is 6.20 Å². The van der Waals surface area contributed by atoms with Gasteiger partial charge in [-0.15, -0.1) is 0 Å². The standard InChI is InChI=1S/C12H21N5O3S/c1-9-11(7-14-16(9)2)12(18)17-5-3-4-10(8-17)6-15-21(13,19)20/h7,10,15H,3-6,8H2,1-2H3,(H2,13,19,20). The summed E-state index contributed by atoms with van der Waals surface area (Å²) in [7, 11) is -1.89. The molecule has 1 fully saturated rings. The van der Waals surface area contributed by atoms with Crippen molar-refractivity contribution in [3.63, 3.8) is 0 Å². The average molecular weight is 315 g/mol. The van der Waals surface area contributed by atoms with Gasteiger partial charge in [-0.1, -0.05) is 0 Å². The van der Waals surface area contributed by atoms with E-state index in [0.717, 1.165) is 18.5 Å². The Morgan fingerprint density at radius 1 is 1.57 bits per heavy atom. The zero-order chi connectivity index (χ0) is 15.6. The molecule has 0 saturated carbocycles. The third-order valence-electron chi connectivity index (χ3n) is 3.85. The van der Waals surface area contributed by atoms with Gasteiger partial charge in [-0.2, -0.15) is 13.5 Å². The number of rotatable bonds is 4. The second-order valence-electron chi connectivity index (χ2n) is 5.42. The maximum absolute atomic E-state index is 12.5. The van der Waals surface area contributed by atoms with E-state index in [-0.39, 0.29) is 18.4 Å². The van der Waals surface area contributed by atoms with Gasteiger partial charge >= 0.3 is 0 Å². The van der Waals surface area contributed by atoms with E-state index in [1.807, 2.05) is 6.92 Å². The van der Waals surface area contributed by atoms with Gasteiger partial charge in [0.25, 0.3) is 16.1 Å². The summed E-state index contributed by atoms with van der Waals surface area (Å²) >= 11 is 0. The molecular weight excluding hydrogens is 294 g/mol. The highest BCUT2D eigenvalue weighted by Gasteiger charge is 2.26. The molecule has 21 heavy (non-hydrogen) atoms. The Morgan fingerprint density at radius 3 is 2.86 bits per heavy atom. The van der Waals surface area contributed by atoms with Crippen LogP contribution in [0.25, 0.3) is 0 Å². The lowest BCUT2D eigenvalue weighted by atomic mass is 9.98. The fourth-order valence-electron chi connectivity index (χ4n) is 2.53. The molecule has 0 aromatic carbocycles. The monoisotopic (exact) mass is 315 g/mol. The van der Waals surface area contributed by atoms with E-state index in [1.165, 1.54) is 0 Å². The Morgan fingerprint density at radius 2 is 2.29 bits per heavy atom. The summed E-state index contributed by atoms with van der Waals surface area (Å²) in [5.41, 5.74) is 1.42. The molecule has 9 heteroatoms. The quantitative estimate of drug-likeness (QED) is 0.771. The van der Waals surface area contributed by atoms with Crippen molar-refractivity contribution in [1.29, 1.82) is 0 Å². The third-order valence-corrected chi connectivity index (χ3v) is 4.41. The van der Waals surface area contributed by atoms with Crippen LogP contribution in [0.1, 0.15) is 28.9 Å². The van der Waals surface area contributed by atoms with Crippen LogP contribution in [-0.4, -0.2) is 48.6 Å². The van der Waals surface area contributed by atoms with Gasteiger partial charge in [0.2, 0.25) is 0 Å². The molecule has 0 spiro atoms. The molecule has 1 atom stereocenters. The van der Waals surface area contributed by atoms with Crippen molar-refractivity contribution in [1.82, 2.24) is 19.4 Å². The highest BCUT2D eigenvalue weighted by molar-refractivity contribution is 7.87. The predicted molar refractivity (Wildman–Crippen MR) is 77.7 cm³/mol. The van der Waals surface area contributed by atoms with Gasteiger partial charge in [0.05, 0.1) is 11.8 Å². The van der Waals surface area contributed by atoms with Crippen LogP contribution in [0.2, 0.25) is 0 Å². The molecule has 0 aliphatic carbocycles. The van der Waals surface area contributed by atoms with Crippen molar-refractivity contribution in [2.45, 2.75) is 19.8 Å². The Balaban J connectivity index is 2.00. The van der Waals surface area contributed by atoms with Crippen LogP contribution in [0, 0.1) is 12.8 Å². The van der Waals surface area contributed by atoms with Crippen LogP contribution in [-0.2, 0) is 17.3 Å². The first kappa shape index (κ1) is 15.9. The molecule has 1 aromatic heterocycles. The molecule has 3 N–H and O–H groups in total. The molecule has 8 nitrogen and oxygen atoms in total. The highest BCUT2D eigenvalue weighted by Crippen LogP contribution is 2.19. The number of nitrogens with zero attached hydrogens (tertiary/aromatic N) is 3. The summed E-state index contributed by atoms with van der Waals surface area (Å²) in [5.74, 6) is 0.0268. The first-order valence-electron chi connectivity index (χ1n) is 6.83. The van der Waals surface area contributed by atoms with E-state index in [2.05, 4.69) is 9.82 Å². The number of piperidine rings is 1. The summed E-state index contributed by atoms with van der Waals surface area (Å²) in [4.78, 5) is 14.2. The number of hydrogen-bond acceptors (Lipinski definition) is 4. The first-order valence-corrected chi connectivity index (χ1v) is 8.38. The van der Waals surface area contributed by atoms with E-state index in [4.69, 9.17) is 5.14 Å². The van der Waals surface area contributed by atoms with Gasteiger partial charge in [-0.05, 0) is 25.7 Å². The third kappa shape index (κ3) is 4.02. The van der Waals surface area contributed by atoms with Crippen LogP contribution in [0.3, 0.4) is 0 Å². The van der Waals surface area contributed by atoms with Crippen molar-refractivity contribution in [3.05, 3.63) is 17.5 Å². The van der Waals surface area contributed by atoms with Crippen LogP contribution < -0.4 is 9.86 Å². The fraction of sp³-hybridized carbons (Fsp3) is 0.667. The second-order valence-corrected chi connectivity index (χ2v) is 6.80. The number of aryl methyl sites for hydroxylation is 1. The van der Waals surface area contributed by atoms with Crippen molar-refractivity contribution >= 4 is 16.1 Å². The van der Waals surface area contributed by atoms with E-state index in [9.17, 15) is 13.2 Å². The normalized spacial score (nSPS) is 19.8. The summed E-state index contributed by atoms with van der Waals surface area (Å²) in [5, 5.41) is 9.01. The lowest BCUT2D eigenvalue weighted by Crippen LogP contribution is -2.44.